The highest BCUT2D eigenvalue weighted by atomic mass is 35.5. The molecule has 0 aliphatic heterocycles. The molecule has 0 saturated carbocycles. The topological polar surface area (TPSA) is 72.7 Å². The van der Waals surface area contributed by atoms with Crippen molar-refractivity contribution >= 4 is 34.0 Å². The number of nitrogens with one attached hydrogen (secondary N) is 1. The van der Waals surface area contributed by atoms with Crippen molar-refractivity contribution in [2.45, 2.75) is 33.2 Å². The van der Waals surface area contributed by atoms with E-state index in [0.717, 1.165) is 21.8 Å². The number of halogens is 1. The molecule has 0 saturated heterocycles. The molecule has 1 amide bonds. The van der Waals surface area contributed by atoms with Crippen LogP contribution >= 0.6 is 22.9 Å². The molecule has 1 N–H and O–H groups in total. The number of pyridine rings is 1. The van der Waals surface area contributed by atoms with Gasteiger partial charge in [-0.2, -0.15) is 5.10 Å². The Kier molecular flexibility index (Phi) is 6.15. The number of carbonyl (C=O) groups is 1. The third kappa shape index (κ3) is 4.52. The summed E-state index contributed by atoms with van der Waals surface area (Å²) in [5.74, 6) is -0.0717. The van der Waals surface area contributed by atoms with E-state index in [9.17, 15) is 4.79 Å². The number of anilines is 1. The highest BCUT2D eigenvalue weighted by molar-refractivity contribution is 7.16. The van der Waals surface area contributed by atoms with Crippen LogP contribution in [0.15, 0.2) is 54.7 Å². The van der Waals surface area contributed by atoms with Gasteiger partial charge in [0.05, 0.1) is 23.5 Å². The molecule has 0 aliphatic carbocycles. The summed E-state index contributed by atoms with van der Waals surface area (Å²) in [5.41, 5.74) is 3.56. The van der Waals surface area contributed by atoms with Crippen LogP contribution in [0.25, 0.3) is 11.4 Å². The number of hydrogen-bond acceptors (Lipinski definition) is 5. The van der Waals surface area contributed by atoms with Crippen LogP contribution in [-0.2, 0) is 6.54 Å². The number of nitrogens with zero attached hydrogens (tertiary/aromatic N) is 4. The number of hydrogen-bond donors (Lipinski definition) is 1. The highest BCUT2D eigenvalue weighted by Crippen LogP contribution is 2.35. The lowest BCUT2D eigenvalue weighted by molar-refractivity contribution is 0.102. The molecule has 3 heterocycles. The molecule has 0 fully saturated rings. The van der Waals surface area contributed by atoms with Crippen LogP contribution in [0.1, 0.15) is 46.3 Å². The van der Waals surface area contributed by atoms with Gasteiger partial charge in [0.15, 0.2) is 5.13 Å². The lowest BCUT2D eigenvalue weighted by Gasteiger charge is -2.04. The Morgan fingerprint density at radius 1 is 1.16 bits per heavy atom. The van der Waals surface area contributed by atoms with Gasteiger partial charge in [-0.05, 0) is 30.5 Å². The van der Waals surface area contributed by atoms with Crippen LogP contribution in [-0.4, -0.2) is 25.7 Å². The zero-order valence-electron chi connectivity index (χ0n) is 17.5. The molecule has 6 nitrogen and oxygen atoms in total. The summed E-state index contributed by atoms with van der Waals surface area (Å²) >= 11 is 7.99. The van der Waals surface area contributed by atoms with Gasteiger partial charge in [0.25, 0.3) is 5.91 Å². The van der Waals surface area contributed by atoms with Crippen molar-refractivity contribution in [2.24, 2.45) is 0 Å². The number of thiazole rings is 1. The molecule has 1 aromatic carbocycles. The van der Waals surface area contributed by atoms with Gasteiger partial charge >= 0.3 is 0 Å². The van der Waals surface area contributed by atoms with Crippen LogP contribution in [0.3, 0.4) is 0 Å². The van der Waals surface area contributed by atoms with Gasteiger partial charge < -0.3 is 0 Å². The number of rotatable bonds is 6. The monoisotopic (exact) mass is 451 g/mol. The third-order valence-corrected chi connectivity index (χ3v) is 6.43. The fraction of sp³-hybridized carbons (Fsp3) is 0.217. The average molecular weight is 452 g/mol. The summed E-state index contributed by atoms with van der Waals surface area (Å²) in [7, 11) is 0. The van der Waals surface area contributed by atoms with Crippen molar-refractivity contribution in [3.05, 3.63) is 81.6 Å². The fourth-order valence-electron chi connectivity index (χ4n) is 3.30. The average Bonchev–Trinajstić information content (AvgIpc) is 3.30. The molecule has 3 aromatic heterocycles. The minimum absolute atomic E-state index is 0.249. The molecule has 0 atom stereocenters. The summed E-state index contributed by atoms with van der Waals surface area (Å²) in [6.07, 6.45) is 1.74. The number of carbonyl (C=O) groups excluding carboxylic acids is 1. The van der Waals surface area contributed by atoms with E-state index >= 15 is 0 Å². The van der Waals surface area contributed by atoms with Crippen molar-refractivity contribution in [3.8, 4) is 11.4 Å². The smallest absolute Gasteiger partial charge is 0.262 e. The summed E-state index contributed by atoms with van der Waals surface area (Å²) in [6, 6.07) is 15.6. The Morgan fingerprint density at radius 2 is 1.90 bits per heavy atom. The molecule has 8 heteroatoms. The summed E-state index contributed by atoms with van der Waals surface area (Å²) in [5, 5.41) is 8.19. The van der Waals surface area contributed by atoms with Gasteiger partial charge in [-0.3, -0.25) is 15.1 Å². The Morgan fingerprint density at radius 3 is 2.58 bits per heavy atom. The zero-order valence-corrected chi connectivity index (χ0v) is 19.0. The molecule has 0 spiro atoms. The van der Waals surface area contributed by atoms with Gasteiger partial charge in [0.2, 0.25) is 0 Å². The Bertz CT molecular complexity index is 1200. The quantitative estimate of drug-likeness (QED) is 0.402. The summed E-state index contributed by atoms with van der Waals surface area (Å²) < 4.78 is 1.64. The van der Waals surface area contributed by atoms with Crippen LogP contribution in [0.5, 0.6) is 0 Å². The Labute approximate surface area is 189 Å². The van der Waals surface area contributed by atoms with E-state index in [1.165, 1.54) is 11.3 Å². The van der Waals surface area contributed by atoms with Crippen molar-refractivity contribution in [3.63, 3.8) is 0 Å². The first-order chi connectivity index (χ1) is 14.9. The van der Waals surface area contributed by atoms with E-state index in [1.54, 1.807) is 17.8 Å². The van der Waals surface area contributed by atoms with Gasteiger partial charge in [-0.25, -0.2) is 9.67 Å². The van der Waals surface area contributed by atoms with Crippen molar-refractivity contribution < 1.29 is 4.79 Å². The standard InChI is InChI=1S/C23H22ClN5OS/c1-14(2)20-19(17-11-7-8-12-25-17)26-23(31-20)27-22(30)18-15(3)28-29(21(18)24)13-16-9-5-4-6-10-16/h4-12,14H,13H2,1-3H3,(H,26,27,30). The maximum absolute atomic E-state index is 13.1. The number of benzene rings is 1. The molecule has 0 bridgehead atoms. The van der Waals surface area contributed by atoms with E-state index in [2.05, 4.69) is 34.2 Å². The zero-order chi connectivity index (χ0) is 22.0. The molecular formula is C23H22ClN5OS. The third-order valence-electron chi connectivity index (χ3n) is 4.77. The molecule has 158 valence electrons. The second-order valence-electron chi connectivity index (χ2n) is 7.45. The predicted octanol–water partition coefficient (Wildman–Crippen LogP) is 5.79. The SMILES string of the molecule is Cc1nn(Cc2ccccc2)c(Cl)c1C(=O)Nc1nc(-c2ccccn2)c(C(C)C)s1. The first-order valence-corrected chi connectivity index (χ1v) is 11.1. The first-order valence-electron chi connectivity index (χ1n) is 9.94. The predicted molar refractivity (Wildman–Crippen MR) is 125 cm³/mol. The van der Waals surface area contributed by atoms with E-state index in [0.29, 0.717) is 28.1 Å². The molecule has 0 radical (unpaired) electrons. The van der Waals surface area contributed by atoms with Crippen LogP contribution in [0, 0.1) is 6.92 Å². The van der Waals surface area contributed by atoms with Crippen molar-refractivity contribution in [1.29, 1.82) is 0 Å². The second-order valence-corrected chi connectivity index (χ2v) is 8.84. The lowest BCUT2D eigenvalue weighted by atomic mass is 10.1. The minimum atomic E-state index is -0.321. The maximum atomic E-state index is 13.1. The molecule has 4 aromatic rings. The highest BCUT2D eigenvalue weighted by Gasteiger charge is 2.23. The normalized spacial score (nSPS) is 11.1. The van der Waals surface area contributed by atoms with Gasteiger partial charge in [0.1, 0.15) is 10.8 Å². The lowest BCUT2D eigenvalue weighted by Crippen LogP contribution is -2.13. The maximum Gasteiger partial charge on any atom is 0.262 e. The van der Waals surface area contributed by atoms with Crippen LogP contribution in [0.4, 0.5) is 5.13 Å². The second kappa shape index (κ2) is 8.99. The van der Waals surface area contributed by atoms with Crippen molar-refractivity contribution in [2.75, 3.05) is 5.32 Å². The Hall–Kier alpha value is -3.03. The van der Waals surface area contributed by atoms with E-state index in [1.807, 2.05) is 48.5 Å². The van der Waals surface area contributed by atoms with E-state index in [-0.39, 0.29) is 11.8 Å². The van der Waals surface area contributed by atoms with E-state index < -0.39 is 0 Å². The van der Waals surface area contributed by atoms with Gasteiger partial charge in [0, 0.05) is 11.1 Å². The Balaban J connectivity index is 1.60. The van der Waals surface area contributed by atoms with Gasteiger partial charge in [-0.15, -0.1) is 11.3 Å². The van der Waals surface area contributed by atoms with Gasteiger partial charge in [-0.1, -0.05) is 61.8 Å². The van der Waals surface area contributed by atoms with E-state index in [4.69, 9.17) is 11.6 Å². The minimum Gasteiger partial charge on any atom is -0.298 e. The summed E-state index contributed by atoms with van der Waals surface area (Å²) in [6.45, 7) is 6.47. The number of amides is 1. The molecule has 0 aliphatic rings. The number of aryl methyl sites for hydroxylation is 1. The molecule has 4 rings (SSSR count). The summed E-state index contributed by atoms with van der Waals surface area (Å²) in [4.78, 5) is 23.2. The molecule has 0 unspecified atom stereocenters. The number of aromatic nitrogens is 4. The molecular weight excluding hydrogens is 430 g/mol. The van der Waals surface area contributed by atoms with Crippen molar-refractivity contribution in [1.82, 2.24) is 19.7 Å². The van der Waals surface area contributed by atoms with Crippen LogP contribution < -0.4 is 5.32 Å². The molecule has 31 heavy (non-hydrogen) atoms. The van der Waals surface area contributed by atoms with Crippen LogP contribution in [0.2, 0.25) is 5.15 Å². The fourth-order valence-corrected chi connectivity index (χ4v) is 4.59. The first kappa shape index (κ1) is 21.2. The largest absolute Gasteiger partial charge is 0.298 e.